The third-order valence-corrected chi connectivity index (χ3v) is 2.24. The molecule has 0 aromatic carbocycles. The summed E-state index contributed by atoms with van der Waals surface area (Å²) in [5.41, 5.74) is 7.56. The van der Waals surface area contributed by atoms with Crippen molar-refractivity contribution in [2.24, 2.45) is 4.99 Å². The number of nitrogens with zero attached hydrogens (tertiary/aromatic N) is 2. The Hall–Kier alpha value is -2.43. The minimum Gasteiger partial charge on any atom is -0.301 e. The second kappa shape index (κ2) is 5.07. The number of hydrogen-bond donors (Lipinski definition) is 2. The van der Waals surface area contributed by atoms with Crippen LogP contribution in [0.25, 0.3) is 0 Å². The zero-order valence-electron chi connectivity index (χ0n) is 9.34. The summed E-state index contributed by atoms with van der Waals surface area (Å²) < 4.78 is 0. The number of nitrogens with one attached hydrogen (secondary N) is 2. The van der Waals surface area contributed by atoms with Crippen LogP contribution >= 0.6 is 0 Å². The maximum Gasteiger partial charge on any atom is 0.269 e. The Labute approximate surface area is 98.9 Å². The van der Waals surface area contributed by atoms with Gasteiger partial charge in [-0.05, 0) is 31.2 Å². The molecule has 1 aromatic heterocycles. The molecule has 0 aliphatic carbocycles. The lowest BCUT2D eigenvalue weighted by atomic mass is 10.2. The Morgan fingerprint density at radius 2 is 2.00 bits per heavy atom. The fraction of sp³-hybridized carbons (Fsp3) is 0.0833. The van der Waals surface area contributed by atoms with Gasteiger partial charge in [0.15, 0.2) is 0 Å². The van der Waals surface area contributed by atoms with Crippen molar-refractivity contribution in [2.45, 2.75) is 6.92 Å². The van der Waals surface area contributed by atoms with E-state index >= 15 is 0 Å². The zero-order valence-corrected chi connectivity index (χ0v) is 9.34. The molecule has 0 spiro atoms. The number of rotatable bonds is 3. The van der Waals surface area contributed by atoms with Crippen LogP contribution in [0.15, 0.2) is 53.1 Å². The van der Waals surface area contributed by atoms with Crippen molar-refractivity contribution in [2.75, 3.05) is 0 Å². The standard InChI is InChI=1S/C12H12N4O/c1-9(11-3-2-6-14-11)15-16-12(17)10-4-7-13-8-5-10/h2-8,15H,1H3,(H,16,17). The number of aliphatic imine (C=N–C) groups is 1. The van der Waals surface area contributed by atoms with E-state index in [1.54, 1.807) is 30.7 Å². The molecule has 0 bridgehead atoms. The van der Waals surface area contributed by atoms with E-state index in [0.29, 0.717) is 5.56 Å². The summed E-state index contributed by atoms with van der Waals surface area (Å²) in [5, 5.41) is 0. The Balaban J connectivity index is 1.95. The normalized spacial score (nSPS) is 15.8. The van der Waals surface area contributed by atoms with Crippen LogP contribution in [0, 0.1) is 0 Å². The van der Waals surface area contributed by atoms with Gasteiger partial charge < -0.3 is 5.43 Å². The van der Waals surface area contributed by atoms with E-state index < -0.39 is 0 Å². The highest BCUT2D eigenvalue weighted by molar-refractivity contribution is 5.93. The molecule has 5 nitrogen and oxygen atoms in total. The molecular formula is C12H12N4O. The van der Waals surface area contributed by atoms with Crippen LogP contribution in [-0.2, 0) is 0 Å². The van der Waals surface area contributed by atoms with Gasteiger partial charge in [0, 0.05) is 24.2 Å². The number of pyridine rings is 1. The maximum atomic E-state index is 11.7. The highest BCUT2D eigenvalue weighted by Gasteiger charge is 2.05. The summed E-state index contributed by atoms with van der Waals surface area (Å²) in [6.45, 7) is 1.84. The van der Waals surface area contributed by atoms with Gasteiger partial charge in [0.2, 0.25) is 0 Å². The first-order valence-corrected chi connectivity index (χ1v) is 5.15. The van der Waals surface area contributed by atoms with Crippen molar-refractivity contribution in [3.8, 4) is 0 Å². The average Bonchev–Trinajstić information content (AvgIpc) is 2.90. The molecule has 1 amide bonds. The first-order chi connectivity index (χ1) is 8.27. The number of carbonyl (C=O) groups is 1. The summed E-state index contributed by atoms with van der Waals surface area (Å²) in [4.78, 5) is 19.6. The quantitative estimate of drug-likeness (QED) is 0.764. The van der Waals surface area contributed by atoms with E-state index in [-0.39, 0.29) is 5.91 Å². The van der Waals surface area contributed by atoms with Crippen molar-refractivity contribution in [1.82, 2.24) is 15.8 Å². The van der Waals surface area contributed by atoms with Crippen LogP contribution in [0.1, 0.15) is 17.3 Å². The van der Waals surface area contributed by atoms with Crippen LogP contribution in [0.4, 0.5) is 0 Å². The first kappa shape index (κ1) is 11.1. The number of allylic oxidation sites excluding steroid dienone is 3. The van der Waals surface area contributed by atoms with Crippen LogP contribution in [0.5, 0.6) is 0 Å². The molecule has 0 radical (unpaired) electrons. The predicted octanol–water partition coefficient (Wildman–Crippen LogP) is 1.19. The first-order valence-electron chi connectivity index (χ1n) is 5.15. The molecule has 86 valence electrons. The van der Waals surface area contributed by atoms with E-state index in [1.165, 1.54) is 0 Å². The number of carbonyl (C=O) groups excluding carboxylic acids is 1. The number of amides is 1. The minimum absolute atomic E-state index is 0.210. The Morgan fingerprint density at radius 1 is 1.24 bits per heavy atom. The largest absolute Gasteiger partial charge is 0.301 e. The highest BCUT2D eigenvalue weighted by Crippen LogP contribution is 2.07. The van der Waals surface area contributed by atoms with Crippen molar-refractivity contribution < 1.29 is 4.79 Å². The predicted molar refractivity (Wildman–Crippen MR) is 65.2 cm³/mol. The van der Waals surface area contributed by atoms with Crippen LogP contribution in [0.3, 0.4) is 0 Å². The van der Waals surface area contributed by atoms with Gasteiger partial charge in [-0.2, -0.15) is 0 Å². The molecule has 1 aliphatic heterocycles. The van der Waals surface area contributed by atoms with E-state index in [0.717, 1.165) is 11.4 Å². The van der Waals surface area contributed by atoms with Gasteiger partial charge in [-0.1, -0.05) is 0 Å². The second-order valence-corrected chi connectivity index (χ2v) is 3.46. The highest BCUT2D eigenvalue weighted by atomic mass is 16.2. The fourth-order valence-corrected chi connectivity index (χ4v) is 1.31. The number of hydrogen-bond acceptors (Lipinski definition) is 4. The average molecular weight is 228 g/mol. The number of hydrazine groups is 1. The molecule has 5 heteroatoms. The van der Waals surface area contributed by atoms with Crippen molar-refractivity contribution >= 4 is 12.1 Å². The van der Waals surface area contributed by atoms with Crippen molar-refractivity contribution in [1.29, 1.82) is 0 Å². The molecule has 0 unspecified atom stereocenters. The van der Waals surface area contributed by atoms with Gasteiger partial charge in [0.25, 0.3) is 5.91 Å². The lowest BCUT2D eigenvalue weighted by molar-refractivity contribution is 0.0938. The molecule has 1 aromatic rings. The second-order valence-electron chi connectivity index (χ2n) is 3.46. The molecule has 0 saturated carbocycles. The summed E-state index contributed by atoms with van der Waals surface area (Å²) in [6.07, 6.45) is 8.55. The number of aromatic nitrogens is 1. The molecule has 2 heterocycles. The van der Waals surface area contributed by atoms with Crippen molar-refractivity contribution in [3.63, 3.8) is 0 Å². The van der Waals surface area contributed by atoms with Crippen LogP contribution in [-0.4, -0.2) is 17.1 Å². The molecule has 0 fully saturated rings. The molecular weight excluding hydrogens is 216 g/mol. The van der Waals surface area contributed by atoms with Gasteiger partial charge in [0.05, 0.1) is 11.4 Å². The molecule has 17 heavy (non-hydrogen) atoms. The zero-order chi connectivity index (χ0) is 12.1. The maximum absolute atomic E-state index is 11.7. The lowest BCUT2D eigenvalue weighted by Gasteiger charge is -2.09. The topological polar surface area (TPSA) is 66.4 Å². The van der Waals surface area contributed by atoms with E-state index in [9.17, 15) is 4.79 Å². The summed E-state index contributed by atoms with van der Waals surface area (Å²) in [7, 11) is 0. The van der Waals surface area contributed by atoms with Crippen molar-refractivity contribution in [3.05, 3.63) is 53.6 Å². The van der Waals surface area contributed by atoms with Crippen LogP contribution < -0.4 is 10.9 Å². The van der Waals surface area contributed by atoms with Gasteiger partial charge >= 0.3 is 0 Å². The van der Waals surface area contributed by atoms with Crippen LogP contribution in [0.2, 0.25) is 0 Å². The van der Waals surface area contributed by atoms with Gasteiger partial charge in [-0.25, -0.2) is 0 Å². The summed E-state index contributed by atoms with van der Waals surface area (Å²) in [5.74, 6) is -0.210. The third kappa shape index (κ3) is 2.78. The lowest BCUT2D eigenvalue weighted by Crippen LogP contribution is -2.36. The molecule has 2 rings (SSSR count). The monoisotopic (exact) mass is 228 g/mol. The van der Waals surface area contributed by atoms with Gasteiger partial charge in [0.1, 0.15) is 0 Å². The van der Waals surface area contributed by atoms with E-state index in [2.05, 4.69) is 20.8 Å². The molecule has 0 atom stereocenters. The SMILES string of the molecule is CC(NNC(=O)c1ccncc1)=C1C=CC=N1. The third-order valence-electron chi connectivity index (χ3n) is 2.24. The van der Waals surface area contributed by atoms with E-state index in [1.807, 2.05) is 19.1 Å². The Bertz CT molecular complexity index is 488. The van der Waals surface area contributed by atoms with Gasteiger partial charge in [-0.3, -0.25) is 20.2 Å². The Morgan fingerprint density at radius 3 is 2.65 bits per heavy atom. The summed E-state index contributed by atoms with van der Waals surface area (Å²) >= 11 is 0. The molecule has 1 aliphatic rings. The van der Waals surface area contributed by atoms with E-state index in [4.69, 9.17) is 0 Å². The van der Waals surface area contributed by atoms with Gasteiger partial charge in [-0.15, -0.1) is 0 Å². The molecule has 2 N–H and O–H groups in total. The smallest absolute Gasteiger partial charge is 0.269 e. The molecule has 0 saturated heterocycles. The minimum atomic E-state index is -0.210. The fourth-order valence-electron chi connectivity index (χ4n) is 1.31. The Kier molecular flexibility index (Phi) is 3.30. The summed E-state index contributed by atoms with van der Waals surface area (Å²) in [6, 6.07) is 3.29.